The average molecular weight is 549 g/mol. The van der Waals surface area contributed by atoms with Crippen LogP contribution in [0.2, 0.25) is 15.1 Å². The highest BCUT2D eigenvalue weighted by Crippen LogP contribution is 2.31. The molecule has 35 heavy (non-hydrogen) atoms. The van der Waals surface area contributed by atoms with Crippen molar-refractivity contribution in [2.24, 2.45) is 0 Å². The molecule has 3 aromatic carbocycles. The maximum Gasteiger partial charge on any atom is 0.319 e. The fourth-order valence-electron chi connectivity index (χ4n) is 3.19. The quantitative estimate of drug-likeness (QED) is 0.235. The lowest BCUT2D eigenvalue weighted by atomic mass is 10.2. The molecule has 180 valence electrons. The Morgan fingerprint density at radius 2 is 1.77 bits per heavy atom. The number of hydrogen-bond acceptors (Lipinski definition) is 5. The van der Waals surface area contributed by atoms with Gasteiger partial charge in [-0.05, 0) is 60.2 Å². The van der Waals surface area contributed by atoms with Gasteiger partial charge >= 0.3 is 6.03 Å². The van der Waals surface area contributed by atoms with Crippen LogP contribution in [0.5, 0.6) is 5.75 Å². The summed E-state index contributed by atoms with van der Waals surface area (Å²) in [5.74, 6) is 1.89. The highest BCUT2D eigenvalue weighted by atomic mass is 35.5. The Balaban J connectivity index is 1.55. The Morgan fingerprint density at radius 1 is 1.00 bits per heavy atom. The predicted molar refractivity (Wildman–Crippen MR) is 141 cm³/mol. The van der Waals surface area contributed by atoms with Gasteiger partial charge < -0.3 is 15.4 Å². The van der Waals surface area contributed by atoms with Gasteiger partial charge in [0.25, 0.3) is 0 Å². The summed E-state index contributed by atoms with van der Waals surface area (Å²) in [6.45, 7) is 0.106. The minimum absolute atomic E-state index is 0.106. The molecule has 4 rings (SSSR count). The van der Waals surface area contributed by atoms with E-state index in [1.165, 1.54) is 11.8 Å². The first-order valence-electron chi connectivity index (χ1n) is 10.4. The Labute approximate surface area is 221 Å². The molecule has 0 aliphatic carbocycles. The number of hydrogen-bond donors (Lipinski definition) is 2. The van der Waals surface area contributed by atoms with Gasteiger partial charge in [-0.3, -0.25) is 4.57 Å². The molecule has 1 heterocycles. The van der Waals surface area contributed by atoms with Crippen LogP contribution in [0.25, 0.3) is 5.69 Å². The Hall–Kier alpha value is -2.91. The number of carbonyl (C=O) groups excluding carboxylic acids is 1. The number of carbonyl (C=O) groups is 1. The molecular formula is C24H20Cl3N5O2S. The molecule has 4 aromatic rings. The van der Waals surface area contributed by atoms with Crippen molar-refractivity contribution in [1.82, 2.24) is 20.1 Å². The maximum absolute atomic E-state index is 12.4. The third-order valence-corrected chi connectivity index (χ3v) is 6.67. The van der Waals surface area contributed by atoms with Crippen LogP contribution in [0.1, 0.15) is 11.4 Å². The number of methoxy groups -OCH3 is 1. The number of amides is 2. The molecular weight excluding hydrogens is 529 g/mol. The molecule has 0 bridgehead atoms. The number of nitrogens with zero attached hydrogens (tertiary/aromatic N) is 3. The van der Waals surface area contributed by atoms with Crippen LogP contribution in [-0.4, -0.2) is 27.9 Å². The number of aromatic nitrogens is 3. The zero-order valence-corrected chi connectivity index (χ0v) is 21.5. The smallest absolute Gasteiger partial charge is 0.319 e. The first-order chi connectivity index (χ1) is 16.9. The van der Waals surface area contributed by atoms with Crippen molar-refractivity contribution in [2.75, 3.05) is 12.4 Å². The maximum atomic E-state index is 12.4. The molecule has 0 fully saturated rings. The van der Waals surface area contributed by atoms with E-state index >= 15 is 0 Å². The van der Waals surface area contributed by atoms with Crippen molar-refractivity contribution in [3.63, 3.8) is 0 Å². The minimum atomic E-state index is -0.398. The number of thioether (sulfide) groups is 1. The molecule has 0 unspecified atom stereocenters. The van der Waals surface area contributed by atoms with Crippen molar-refractivity contribution in [1.29, 1.82) is 0 Å². The number of rotatable bonds is 8. The Kier molecular flexibility index (Phi) is 8.41. The number of ether oxygens (including phenoxy) is 1. The summed E-state index contributed by atoms with van der Waals surface area (Å²) in [5, 5.41) is 16.4. The van der Waals surface area contributed by atoms with Crippen molar-refractivity contribution < 1.29 is 9.53 Å². The van der Waals surface area contributed by atoms with Crippen molar-refractivity contribution in [2.45, 2.75) is 17.5 Å². The average Bonchev–Trinajstić information content (AvgIpc) is 3.27. The number of urea groups is 1. The lowest BCUT2D eigenvalue weighted by molar-refractivity contribution is 0.251. The lowest BCUT2D eigenvalue weighted by Gasteiger charge is -2.13. The van der Waals surface area contributed by atoms with Gasteiger partial charge in [0.05, 0.1) is 24.4 Å². The van der Waals surface area contributed by atoms with E-state index in [1.54, 1.807) is 54.1 Å². The summed E-state index contributed by atoms with van der Waals surface area (Å²) in [6, 6.07) is 19.4. The Bertz CT molecular complexity index is 1330. The fourth-order valence-corrected chi connectivity index (χ4v) is 4.59. The van der Waals surface area contributed by atoms with E-state index in [9.17, 15) is 4.79 Å². The number of halogens is 3. The molecule has 0 saturated heterocycles. The second-order valence-corrected chi connectivity index (χ2v) is 9.51. The first kappa shape index (κ1) is 25.2. The molecule has 7 nitrogen and oxygen atoms in total. The molecule has 0 aliphatic rings. The van der Waals surface area contributed by atoms with E-state index in [-0.39, 0.29) is 6.54 Å². The van der Waals surface area contributed by atoms with Crippen molar-refractivity contribution >= 4 is 58.3 Å². The van der Waals surface area contributed by atoms with Gasteiger partial charge in [0.2, 0.25) is 0 Å². The number of nitrogens with one attached hydrogen (secondary N) is 2. The molecule has 11 heteroatoms. The monoisotopic (exact) mass is 547 g/mol. The second-order valence-electron chi connectivity index (χ2n) is 7.28. The van der Waals surface area contributed by atoms with E-state index in [0.29, 0.717) is 43.2 Å². The number of benzene rings is 3. The van der Waals surface area contributed by atoms with E-state index in [1.807, 2.05) is 24.3 Å². The van der Waals surface area contributed by atoms with Crippen molar-refractivity contribution in [3.05, 3.63) is 93.2 Å². The first-order valence-corrected chi connectivity index (χ1v) is 12.5. The molecule has 2 amide bonds. The van der Waals surface area contributed by atoms with E-state index in [0.717, 1.165) is 11.3 Å². The molecule has 0 spiro atoms. The summed E-state index contributed by atoms with van der Waals surface area (Å²) < 4.78 is 7.10. The zero-order valence-electron chi connectivity index (χ0n) is 18.5. The Morgan fingerprint density at radius 3 is 2.54 bits per heavy atom. The van der Waals surface area contributed by atoms with E-state index < -0.39 is 6.03 Å². The molecule has 1 aromatic heterocycles. The summed E-state index contributed by atoms with van der Waals surface area (Å²) in [5.41, 5.74) is 2.29. The van der Waals surface area contributed by atoms with Gasteiger partial charge in [0, 0.05) is 21.5 Å². The SMILES string of the molecule is COc1cccc(CSc2nnc(CNC(=O)Nc3ccc(Cl)cc3)n2-c2cc(Cl)ccc2Cl)c1. The topological polar surface area (TPSA) is 81.1 Å². The predicted octanol–water partition coefficient (Wildman–Crippen LogP) is 6.85. The molecule has 0 saturated carbocycles. The normalized spacial score (nSPS) is 10.7. The largest absolute Gasteiger partial charge is 0.497 e. The summed E-state index contributed by atoms with van der Waals surface area (Å²) >= 11 is 20.1. The summed E-state index contributed by atoms with van der Waals surface area (Å²) in [4.78, 5) is 12.4. The molecule has 2 N–H and O–H groups in total. The van der Waals surface area contributed by atoms with Crippen LogP contribution in [0.3, 0.4) is 0 Å². The van der Waals surface area contributed by atoms with Crippen LogP contribution in [-0.2, 0) is 12.3 Å². The van der Waals surface area contributed by atoms with Gasteiger partial charge in [0.1, 0.15) is 5.75 Å². The summed E-state index contributed by atoms with van der Waals surface area (Å²) in [6.07, 6.45) is 0. The van der Waals surface area contributed by atoms with Gasteiger partial charge in [0.15, 0.2) is 11.0 Å². The minimum Gasteiger partial charge on any atom is -0.497 e. The van der Waals surface area contributed by atoms with Crippen LogP contribution in [0.15, 0.2) is 71.9 Å². The third kappa shape index (κ3) is 6.61. The highest BCUT2D eigenvalue weighted by molar-refractivity contribution is 7.98. The fraction of sp³-hybridized carbons (Fsp3) is 0.125. The van der Waals surface area contributed by atoms with Crippen LogP contribution in [0, 0.1) is 0 Å². The highest BCUT2D eigenvalue weighted by Gasteiger charge is 2.18. The standard InChI is InChI=1S/C24H20Cl3N5O2S/c1-34-19-4-2-3-15(11-19)14-35-24-31-30-22(32(24)21-12-17(26)7-10-20(21)27)13-28-23(33)29-18-8-5-16(25)6-9-18/h2-12H,13-14H2,1H3,(H2,28,29,33). The van der Waals surface area contributed by atoms with Crippen LogP contribution in [0.4, 0.5) is 10.5 Å². The van der Waals surface area contributed by atoms with Crippen molar-refractivity contribution in [3.8, 4) is 11.4 Å². The number of anilines is 1. The van der Waals surface area contributed by atoms with Crippen LogP contribution < -0.4 is 15.4 Å². The summed E-state index contributed by atoms with van der Waals surface area (Å²) in [7, 11) is 1.63. The zero-order chi connectivity index (χ0) is 24.8. The second kappa shape index (κ2) is 11.7. The van der Waals surface area contributed by atoms with Gasteiger partial charge in [-0.15, -0.1) is 10.2 Å². The molecule has 0 radical (unpaired) electrons. The van der Waals surface area contributed by atoms with Gasteiger partial charge in [-0.1, -0.05) is 58.7 Å². The molecule has 0 atom stereocenters. The van der Waals surface area contributed by atoms with E-state index in [4.69, 9.17) is 39.5 Å². The molecule has 0 aliphatic heterocycles. The van der Waals surface area contributed by atoms with Gasteiger partial charge in [-0.25, -0.2) is 4.79 Å². The van der Waals surface area contributed by atoms with Crippen LogP contribution >= 0.6 is 46.6 Å². The lowest BCUT2D eigenvalue weighted by Crippen LogP contribution is -2.29. The van der Waals surface area contributed by atoms with E-state index in [2.05, 4.69) is 20.8 Å². The third-order valence-electron chi connectivity index (χ3n) is 4.86. The van der Waals surface area contributed by atoms with Gasteiger partial charge in [-0.2, -0.15) is 0 Å².